The van der Waals surface area contributed by atoms with E-state index in [0.717, 1.165) is 12.1 Å². The fourth-order valence-electron chi connectivity index (χ4n) is 1.47. The first-order valence-corrected chi connectivity index (χ1v) is 5.67. The lowest BCUT2D eigenvalue weighted by molar-refractivity contribution is -0.138. The Morgan fingerprint density at radius 2 is 1.83 bits per heavy atom. The Morgan fingerprint density at radius 1 is 1.28 bits per heavy atom. The number of nitrogens with zero attached hydrogens (tertiary/aromatic N) is 1. The average molecular weight is 250 g/mol. The van der Waals surface area contributed by atoms with Crippen LogP contribution in [0, 0.1) is 0 Å². The lowest BCUT2D eigenvalue weighted by Crippen LogP contribution is -2.38. The summed E-state index contributed by atoms with van der Waals surface area (Å²) in [6.45, 7) is 2.23. The van der Waals surface area contributed by atoms with Crippen molar-refractivity contribution in [3.8, 4) is 0 Å². The molecule has 0 aliphatic rings. The van der Waals surface area contributed by atoms with Crippen LogP contribution in [0.5, 0.6) is 0 Å². The topological polar surface area (TPSA) is 69.6 Å². The quantitative estimate of drug-likeness (QED) is 0.816. The van der Waals surface area contributed by atoms with Gasteiger partial charge in [0.25, 0.3) is 5.91 Å². The van der Waals surface area contributed by atoms with E-state index in [1.807, 2.05) is 31.1 Å². The third-order valence-electron chi connectivity index (χ3n) is 2.43. The van der Waals surface area contributed by atoms with Gasteiger partial charge in [-0.25, -0.2) is 0 Å². The number of carboxylic acids is 1. The SMILES string of the molecule is C[C@@H](NC(=O)c1ccc(CN(C)C)cc1)C(=O)O. The predicted octanol–water partition coefficient (Wildman–Crippen LogP) is 0.951. The van der Waals surface area contributed by atoms with Crippen molar-refractivity contribution < 1.29 is 14.7 Å². The molecule has 0 spiro atoms. The number of carbonyl (C=O) groups is 2. The van der Waals surface area contributed by atoms with E-state index in [9.17, 15) is 9.59 Å². The van der Waals surface area contributed by atoms with Gasteiger partial charge < -0.3 is 15.3 Å². The molecule has 5 heteroatoms. The lowest BCUT2D eigenvalue weighted by Gasteiger charge is -2.11. The normalized spacial score (nSPS) is 12.2. The van der Waals surface area contributed by atoms with Crippen LogP contribution >= 0.6 is 0 Å². The zero-order valence-electron chi connectivity index (χ0n) is 10.8. The molecule has 1 rings (SSSR count). The highest BCUT2D eigenvalue weighted by molar-refractivity contribution is 5.96. The first kappa shape index (κ1) is 14.2. The minimum absolute atomic E-state index is 0.374. The van der Waals surface area contributed by atoms with E-state index >= 15 is 0 Å². The van der Waals surface area contributed by atoms with Crippen molar-refractivity contribution in [2.45, 2.75) is 19.5 Å². The predicted molar refractivity (Wildman–Crippen MR) is 68.4 cm³/mol. The molecule has 18 heavy (non-hydrogen) atoms. The zero-order chi connectivity index (χ0) is 13.7. The molecule has 0 fully saturated rings. The van der Waals surface area contributed by atoms with E-state index in [4.69, 9.17) is 5.11 Å². The number of carboxylic acid groups (broad SMARTS) is 1. The van der Waals surface area contributed by atoms with Gasteiger partial charge in [0.15, 0.2) is 0 Å². The molecule has 5 nitrogen and oxygen atoms in total. The molecular weight excluding hydrogens is 232 g/mol. The van der Waals surface area contributed by atoms with E-state index in [1.54, 1.807) is 12.1 Å². The maximum absolute atomic E-state index is 11.7. The molecule has 1 amide bonds. The summed E-state index contributed by atoms with van der Waals surface area (Å²) in [5.41, 5.74) is 1.56. The van der Waals surface area contributed by atoms with Crippen LogP contribution in [0.25, 0.3) is 0 Å². The van der Waals surface area contributed by atoms with Crippen LogP contribution in [-0.2, 0) is 11.3 Å². The van der Waals surface area contributed by atoms with Crippen molar-refractivity contribution in [2.75, 3.05) is 14.1 Å². The van der Waals surface area contributed by atoms with Gasteiger partial charge in [0, 0.05) is 12.1 Å². The van der Waals surface area contributed by atoms with Gasteiger partial charge >= 0.3 is 5.97 Å². The summed E-state index contributed by atoms with van der Waals surface area (Å²) >= 11 is 0. The maximum Gasteiger partial charge on any atom is 0.325 e. The molecule has 0 saturated heterocycles. The van der Waals surface area contributed by atoms with Gasteiger partial charge in [-0.15, -0.1) is 0 Å². The second-order valence-corrected chi connectivity index (χ2v) is 4.47. The van der Waals surface area contributed by atoms with Crippen LogP contribution < -0.4 is 5.32 Å². The van der Waals surface area contributed by atoms with Gasteiger partial charge in [-0.1, -0.05) is 12.1 Å². The highest BCUT2D eigenvalue weighted by atomic mass is 16.4. The van der Waals surface area contributed by atoms with Gasteiger partial charge in [0.1, 0.15) is 6.04 Å². The van der Waals surface area contributed by atoms with E-state index in [2.05, 4.69) is 5.32 Å². The number of hydrogen-bond donors (Lipinski definition) is 2. The molecule has 1 atom stereocenters. The van der Waals surface area contributed by atoms with Gasteiger partial charge in [0.05, 0.1) is 0 Å². The van der Waals surface area contributed by atoms with Crippen LogP contribution in [0.1, 0.15) is 22.8 Å². The second kappa shape index (κ2) is 6.16. The van der Waals surface area contributed by atoms with Crippen LogP contribution in [0.4, 0.5) is 0 Å². The molecule has 0 bridgehead atoms. The molecule has 0 aliphatic carbocycles. The van der Waals surface area contributed by atoms with Crippen molar-refractivity contribution >= 4 is 11.9 Å². The summed E-state index contributed by atoms with van der Waals surface area (Å²) in [4.78, 5) is 24.4. The van der Waals surface area contributed by atoms with Crippen molar-refractivity contribution in [2.24, 2.45) is 0 Å². The first-order valence-electron chi connectivity index (χ1n) is 5.67. The van der Waals surface area contributed by atoms with Crippen LogP contribution in [-0.4, -0.2) is 42.0 Å². The van der Waals surface area contributed by atoms with Gasteiger partial charge in [-0.3, -0.25) is 9.59 Å². The number of rotatable bonds is 5. The highest BCUT2D eigenvalue weighted by Crippen LogP contribution is 2.06. The van der Waals surface area contributed by atoms with Crippen LogP contribution in [0.15, 0.2) is 24.3 Å². The van der Waals surface area contributed by atoms with Gasteiger partial charge in [-0.05, 0) is 38.7 Å². The molecular formula is C13H18N2O3. The number of aliphatic carboxylic acids is 1. The smallest absolute Gasteiger partial charge is 0.325 e. The summed E-state index contributed by atoms with van der Waals surface area (Å²) < 4.78 is 0. The third-order valence-corrected chi connectivity index (χ3v) is 2.43. The average Bonchev–Trinajstić information content (AvgIpc) is 2.28. The Bertz CT molecular complexity index is 426. The molecule has 2 N–H and O–H groups in total. The second-order valence-electron chi connectivity index (χ2n) is 4.47. The standard InChI is InChI=1S/C13H18N2O3/c1-9(13(17)18)14-12(16)11-6-4-10(5-7-11)8-15(2)3/h4-7,9H,8H2,1-3H3,(H,14,16)(H,17,18)/t9-/m1/s1. The van der Waals surface area contributed by atoms with Gasteiger partial charge in [-0.2, -0.15) is 0 Å². The summed E-state index contributed by atoms with van der Waals surface area (Å²) in [6.07, 6.45) is 0. The summed E-state index contributed by atoms with van der Waals surface area (Å²) in [5.74, 6) is -1.42. The van der Waals surface area contributed by atoms with E-state index in [-0.39, 0.29) is 5.91 Å². The molecule has 0 unspecified atom stereocenters. The minimum atomic E-state index is -1.05. The number of nitrogens with one attached hydrogen (secondary N) is 1. The van der Waals surface area contributed by atoms with E-state index < -0.39 is 12.0 Å². The lowest BCUT2D eigenvalue weighted by atomic mass is 10.1. The van der Waals surface area contributed by atoms with Crippen LogP contribution in [0.2, 0.25) is 0 Å². The molecule has 0 aliphatic heterocycles. The molecule has 0 aromatic heterocycles. The number of carbonyl (C=O) groups excluding carboxylic acids is 1. The number of benzene rings is 1. The van der Waals surface area contributed by atoms with Crippen molar-refractivity contribution in [1.29, 1.82) is 0 Å². The maximum atomic E-state index is 11.7. The first-order chi connectivity index (χ1) is 8.40. The minimum Gasteiger partial charge on any atom is -0.480 e. The Balaban J connectivity index is 2.67. The zero-order valence-corrected chi connectivity index (χ0v) is 10.8. The summed E-state index contributed by atoms with van der Waals surface area (Å²) in [7, 11) is 3.93. The van der Waals surface area contributed by atoms with E-state index in [1.165, 1.54) is 6.92 Å². The van der Waals surface area contributed by atoms with Crippen molar-refractivity contribution in [3.05, 3.63) is 35.4 Å². The Kier molecular flexibility index (Phi) is 4.85. The fraction of sp³-hybridized carbons (Fsp3) is 0.385. The Morgan fingerprint density at radius 3 is 2.28 bits per heavy atom. The number of amides is 1. The monoisotopic (exact) mass is 250 g/mol. The third kappa shape index (κ3) is 4.18. The Hall–Kier alpha value is -1.88. The summed E-state index contributed by atoms with van der Waals surface area (Å²) in [6, 6.07) is 6.23. The highest BCUT2D eigenvalue weighted by Gasteiger charge is 2.14. The molecule has 1 aromatic carbocycles. The largest absolute Gasteiger partial charge is 0.480 e. The van der Waals surface area contributed by atoms with Crippen molar-refractivity contribution in [3.63, 3.8) is 0 Å². The molecule has 1 aromatic rings. The van der Waals surface area contributed by atoms with Crippen molar-refractivity contribution in [1.82, 2.24) is 10.2 Å². The fourth-order valence-corrected chi connectivity index (χ4v) is 1.47. The molecule has 0 saturated carbocycles. The molecule has 0 heterocycles. The van der Waals surface area contributed by atoms with E-state index in [0.29, 0.717) is 5.56 Å². The number of hydrogen-bond acceptors (Lipinski definition) is 3. The van der Waals surface area contributed by atoms with Gasteiger partial charge in [0.2, 0.25) is 0 Å². The molecule has 98 valence electrons. The molecule has 0 radical (unpaired) electrons. The van der Waals surface area contributed by atoms with Crippen LogP contribution in [0.3, 0.4) is 0 Å². The Labute approximate surface area is 106 Å². The summed E-state index contributed by atoms with van der Waals surface area (Å²) in [5, 5.41) is 11.1.